The van der Waals surface area contributed by atoms with Gasteiger partial charge in [0.1, 0.15) is 0 Å². The van der Waals surface area contributed by atoms with Crippen LogP contribution in [0.5, 0.6) is 0 Å². The summed E-state index contributed by atoms with van der Waals surface area (Å²) < 4.78 is 5.63. The Morgan fingerprint density at radius 2 is 1.78 bits per heavy atom. The number of benzene rings is 2. The molecule has 32 heavy (non-hydrogen) atoms. The van der Waals surface area contributed by atoms with E-state index >= 15 is 0 Å². The molecule has 0 aliphatic carbocycles. The quantitative estimate of drug-likeness (QED) is 0.353. The highest BCUT2D eigenvalue weighted by atomic mass is 16.5. The number of carbonyl (C=O) groups is 3. The van der Waals surface area contributed by atoms with Gasteiger partial charge in [-0.15, -0.1) is 0 Å². The summed E-state index contributed by atoms with van der Waals surface area (Å²) in [5.41, 5.74) is 6.26. The first-order chi connectivity index (χ1) is 15.2. The first-order valence-corrected chi connectivity index (χ1v) is 10.6. The molecule has 2 aromatic rings. The molecule has 1 heterocycles. The fourth-order valence-corrected chi connectivity index (χ4v) is 3.75. The highest BCUT2D eigenvalue weighted by molar-refractivity contribution is 6.07. The first-order valence-electron chi connectivity index (χ1n) is 10.6. The molecule has 170 valence electrons. The fraction of sp³-hybridized carbons (Fsp3) is 0.375. The van der Waals surface area contributed by atoms with Crippen molar-refractivity contribution in [2.24, 2.45) is 11.7 Å². The number of rotatable bonds is 9. The molecule has 0 bridgehead atoms. The average molecular weight is 440 g/mol. The zero-order valence-electron chi connectivity index (χ0n) is 18.4. The lowest BCUT2D eigenvalue weighted by molar-refractivity contribution is -0.194. The maximum absolute atomic E-state index is 12.8. The molecule has 1 aliphatic heterocycles. The van der Waals surface area contributed by atoms with E-state index in [0.717, 1.165) is 16.7 Å². The molecule has 2 aromatic carbocycles. The predicted octanol–water partition coefficient (Wildman–Crippen LogP) is 2.20. The third-order valence-electron chi connectivity index (χ3n) is 5.81. The van der Waals surface area contributed by atoms with E-state index in [0.29, 0.717) is 18.2 Å². The van der Waals surface area contributed by atoms with E-state index in [9.17, 15) is 19.6 Å². The summed E-state index contributed by atoms with van der Waals surface area (Å²) in [6.07, 6.45) is 0.236. The van der Waals surface area contributed by atoms with Crippen LogP contribution < -0.4 is 5.73 Å². The lowest BCUT2D eigenvalue weighted by Gasteiger charge is -2.30. The smallest absolute Gasteiger partial charge is 0.287 e. The van der Waals surface area contributed by atoms with Crippen molar-refractivity contribution in [1.82, 2.24) is 9.96 Å². The molecular formula is C24H29N3O5. The molecule has 0 spiro atoms. The van der Waals surface area contributed by atoms with Gasteiger partial charge >= 0.3 is 0 Å². The topological polar surface area (TPSA) is 113 Å². The van der Waals surface area contributed by atoms with Gasteiger partial charge in [-0.3, -0.25) is 19.6 Å². The minimum absolute atomic E-state index is 0.0220. The number of primary amides is 1. The third kappa shape index (κ3) is 5.15. The number of amides is 3. The van der Waals surface area contributed by atoms with Gasteiger partial charge < -0.3 is 15.4 Å². The van der Waals surface area contributed by atoms with Crippen LogP contribution in [0.1, 0.15) is 25.8 Å². The predicted molar refractivity (Wildman–Crippen MR) is 118 cm³/mol. The Kier molecular flexibility index (Phi) is 7.27. The molecular weight excluding hydrogens is 410 g/mol. The summed E-state index contributed by atoms with van der Waals surface area (Å²) in [5, 5.41) is 10.8. The van der Waals surface area contributed by atoms with Gasteiger partial charge in [0.15, 0.2) is 0 Å². The van der Waals surface area contributed by atoms with Crippen molar-refractivity contribution < 1.29 is 24.3 Å². The fourth-order valence-electron chi connectivity index (χ4n) is 3.75. The van der Waals surface area contributed by atoms with Crippen LogP contribution in [0.15, 0.2) is 54.6 Å². The van der Waals surface area contributed by atoms with Gasteiger partial charge in [0.2, 0.25) is 11.5 Å². The molecule has 0 radical (unpaired) electrons. The van der Waals surface area contributed by atoms with Gasteiger partial charge in [0.05, 0.1) is 13.2 Å². The van der Waals surface area contributed by atoms with Gasteiger partial charge in [0, 0.05) is 25.4 Å². The zero-order chi connectivity index (χ0) is 23.3. The van der Waals surface area contributed by atoms with E-state index in [2.05, 4.69) is 0 Å². The molecule has 8 nitrogen and oxygen atoms in total. The number of nitrogens with zero attached hydrogens (tertiary/aromatic N) is 2. The van der Waals surface area contributed by atoms with Crippen LogP contribution in [0.3, 0.4) is 0 Å². The van der Waals surface area contributed by atoms with E-state index in [-0.39, 0.29) is 31.4 Å². The molecule has 3 amide bonds. The standard InChI is InChI=1S/C24H29N3O5/c1-3-26-14-18(13-21(26)28)15-27(31)23(30)24(2,22(25)29)32-16-17-9-11-20(12-10-17)19-7-5-4-6-8-19/h4-12,18,31H,3,13-16H2,1-2H3,(H2,25,29). The van der Waals surface area contributed by atoms with Crippen LogP contribution >= 0.6 is 0 Å². The second kappa shape index (κ2) is 9.93. The lowest BCUT2D eigenvalue weighted by Crippen LogP contribution is -2.56. The second-order valence-corrected chi connectivity index (χ2v) is 8.14. The molecule has 3 rings (SSSR count). The van der Waals surface area contributed by atoms with Gasteiger partial charge in [-0.1, -0.05) is 54.6 Å². The molecule has 1 saturated heterocycles. The van der Waals surface area contributed by atoms with Crippen molar-refractivity contribution in [2.45, 2.75) is 32.5 Å². The maximum Gasteiger partial charge on any atom is 0.287 e. The summed E-state index contributed by atoms with van der Waals surface area (Å²) in [5.74, 6) is -2.20. The first kappa shape index (κ1) is 23.4. The molecule has 2 atom stereocenters. The van der Waals surface area contributed by atoms with E-state index in [1.807, 2.05) is 61.5 Å². The maximum atomic E-state index is 12.8. The van der Waals surface area contributed by atoms with Crippen molar-refractivity contribution in [1.29, 1.82) is 0 Å². The molecule has 1 fully saturated rings. The van der Waals surface area contributed by atoms with Gasteiger partial charge in [0.25, 0.3) is 11.8 Å². The Balaban J connectivity index is 1.63. The molecule has 1 aliphatic rings. The zero-order valence-corrected chi connectivity index (χ0v) is 18.4. The highest BCUT2D eigenvalue weighted by Crippen LogP contribution is 2.23. The number of nitrogens with two attached hydrogens (primary N) is 1. The van der Waals surface area contributed by atoms with E-state index in [1.54, 1.807) is 4.90 Å². The van der Waals surface area contributed by atoms with Gasteiger partial charge in [-0.2, -0.15) is 0 Å². The van der Waals surface area contributed by atoms with E-state index in [1.165, 1.54) is 6.92 Å². The van der Waals surface area contributed by atoms with E-state index < -0.39 is 17.4 Å². The molecule has 2 unspecified atom stereocenters. The van der Waals surface area contributed by atoms with Gasteiger partial charge in [-0.25, -0.2) is 5.06 Å². The van der Waals surface area contributed by atoms with Crippen molar-refractivity contribution in [3.63, 3.8) is 0 Å². The Bertz CT molecular complexity index is 963. The Labute approximate surface area is 187 Å². The second-order valence-electron chi connectivity index (χ2n) is 8.14. The van der Waals surface area contributed by atoms with Crippen molar-refractivity contribution in [3.8, 4) is 11.1 Å². The molecule has 0 aromatic heterocycles. The number of likely N-dealkylation sites (tertiary alicyclic amines) is 1. The van der Waals surface area contributed by atoms with Crippen molar-refractivity contribution >= 4 is 17.7 Å². The lowest BCUT2D eigenvalue weighted by atomic mass is 10.0. The highest BCUT2D eigenvalue weighted by Gasteiger charge is 2.45. The number of ether oxygens (including phenoxy) is 1. The van der Waals surface area contributed by atoms with Crippen LogP contribution in [0, 0.1) is 5.92 Å². The minimum atomic E-state index is -2.04. The number of carbonyl (C=O) groups excluding carboxylic acids is 3. The van der Waals surface area contributed by atoms with Gasteiger partial charge in [-0.05, 0) is 30.5 Å². The number of hydrogen-bond acceptors (Lipinski definition) is 5. The normalized spacial score (nSPS) is 17.8. The Morgan fingerprint density at radius 1 is 1.16 bits per heavy atom. The molecule has 3 N–H and O–H groups in total. The Morgan fingerprint density at radius 3 is 2.34 bits per heavy atom. The number of hydroxylamine groups is 2. The average Bonchev–Trinajstić information content (AvgIpc) is 3.16. The van der Waals surface area contributed by atoms with Crippen LogP contribution in [-0.2, 0) is 25.7 Å². The van der Waals surface area contributed by atoms with Crippen LogP contribution in [0.2, 0.25) is 0 Å². The monoisotopic (exact) mass is 439 g/mol. The van der Waals surface area contributed by atoms with Crippen molar-refractivity contribution in [3.05, 3.63) is 60.2 Å². The van der Waals surface area contributed by atoms with Crippen LogP contribution in [0.4, 0.5) is 0 Å². The summed E-state index contributed by atoms with van der Waals surface area (Å²) >= 11 is 0. The van der Waals surface area contributed by atoms with Crippen LogP contribution in [-0.4, -0.2) is 58.1 Å². The summed E-state index contributed by atoms with van der Waals surface area (Å²) in [7, 11) is 0. The molecule has 8 heteroatoms. The summed E-state index contributed by atoms with van der Waals surface area (Å²) in [6.45, 7) is 4.00. The van der Waals surface area contributed by atoms with Crippen LogP contribution in [0.25, 0.3) is 11.1 Å². The number of hydrogen-bond donors (Lipinski definition) is 2. The minimum Gasteiger partial charge on any atom is -0.367 e. The summed E-state index contributed by atoms with van der Waals surface area (Å²) in [6, 6.07) is 17.4. The summed E-state index contributed by atoms with van der Waals surface area (Å²) in [4.78, 5) is 38.5. The molecule has 0 saturated carbocycles. The van der Waals surface area contributed by atoms with Crippen molar-refractivity contribution in [2.75, 3.05) is 19.6 Å². The third-order valence-corrected chi connectivity index (χ3v) is 5.81. The van der Waals surface area contributed by atoms with E-state index in [4.69, 9.17) is 10.5 Å². The SMILES string of the molecule is CCN1CC(CN(O)C(=O)C(C)(OCc2ccc(-c3ccccc3)cc2)C(N)=O)CC1=O. The Hall–Kier alpha value is -3.23. The largest absolute Gasteiger partial charge is 0.367 e.